The molecule has 0 bridgehead atoms. The fraction of sp³-hybridized carbons (Fsp3) is 0.952. The van der Waals surface area contributed by atoms with Gasteiger partial charge in [0.05, 0.1) is 27.7 Å². The van der Waals surface area contributed by atoms with E-state index in [1.165, 1.54) is 64.2 Å². The minimum absolute atomic E-state index is 0.150. The van der Waals surface area contributed by atoms with Crippen LogP contribution in [0.25, 0.3) is 0 Å². The lowest BCUT2D eigenvalue weighted by Gasteiger charge is -2.47. The molecule has 5 nitrogen and oxygen atoms in total. The van der Waals surface area contributed by atoms with Crippen LogP contribution >= 0.6 is 0 Å². The number of carbonyl (C=O) groups excluding carboxylic acids is 1. The number of nitrogens with zero attached hydrogens (tertiary/aromatic N) is 1. The summed E-state index contributed by atoms with van der Waals surface area (Å²) in [7, 11) is 5.46. The molecule has 0 aliphatic rings. The summed E-state index contributed by atoms with van der Waals surface area (Å²) in [5.41, 5.74) is -1.23. The third kappa shape index (κ3) is 9.89. The maximum Gasteiger partial charge on any atom is 0.195 e. The van der Waals surface area contributed by atoms with Crippen LogP contribution in [0, 0.1) is 0 Å². The van der Waals surface area contributed by atoms with E-state index in [0.29, 0.717) is 6.54 Å². The first-order chi connectivity index (χ1) is 12.3. The highest BCUT2D eigenvalue weighted by Gasteiger charge is 2.43. The van der Waals surface area contributed by atoms with Crippen LogP contribution in [-0.2, 0) is 4.79 Å². The van der Waals surface area contributed by atoms with Crippen LogP contribution in [0.3, 0.4) is 0 Å². The predicted molar refractivity (Wildman–Crippen MR) is 107 cm³/mol. The fourth-order valence-electron chi connectivity index (χ4n) is 3.53. The number of hydrogen-bond donors (Lipinski definition) is 2. The highest BCUT2D eigenvalue weighted by molar-refractivity contribution is 5.74. The van der Waals surface area contributed by atoms with Crippen molar-refractivity contribution in [2.24, 2.45) is 0 Å². The van der Waals surface area contributed by atoms with Crippen LogP contribution in [0.4, 0.5) is 0 Å². The minimum Gasteiger partial charge on any atom is -0.543 e. The lowest BCUT2D eigenvalue weighted by molar-refractivity contribution is -0.920. The Morgan fingerprint density at radius 1 is 0.885 bits per heavy atom. The van der Waals surface area contributed by atoms with Crippen LogP contribution in [0.1, 0.15) is 90.4 Å². The molecular formula is C21H44N2O3. The molecule has 0 aromatic carbocycles. The van der Waals surface area contributed by atoms with Crippen molar-refractivity contribution in [1.29, 1.82) is 0 Å². The molecule has 1 atom stereocenters. The first-order valence-corrected chi connectivity index (χ1v) is 10.7. The molecule has 156 valence electrons. The van der Waals surface area contributed by atoms with E-state index in [0.717, 1.165) is 12.8 Å². The quantitative estimate of drug-likeness (QED) is 0.220. The molecule has 0 spiro atoms. The van der Waals surface area contributed by atoms with Crippen LogP contribution in [0.2, 0.25) is 0 Å². The first-order valence-electron chi connectivity index (χ1n) is 10.7. The summed E-state index contributed by atoms with van der Waals surface area (Å²) < 4.78 is 0.189. The number of carbonyl (C=O) groups is 1. The Hall–Kier alpha value is -0.650. The van der Waals surface area contributed by atoms with Gasteiger partial charge in [-0.15, -0.1) is 0 Å². The zero-order chi connectivity index (χ0) is 19.9. The van der Waals surface area contributed by atoms with Crippen molar-refractivity contribution in [3.8, 4) is 0 Å². The Balaban J connectivity index is 3.82. The van der Waals surface area contributed by atoms with Gasteiger partial charge in [0, 0.05) is 13.0 Å². The fourth-order valence-corrected chi connectivity index (χ4v) is 3.53. The van der Waals surface area contributed by atoms with Crippen molar-refractivity contribution in [1.82, 2.24) is 5.32 Å². The number of carboxylic acid groups (broad SMARTS) is 1. The average molecular weight is 373 g/mol. The van der Waals surface area contributed by atoms with Gasteiger partial charge in [0.15, 0.2) is 5.66 Å². The number of carboxylic acids is 1. The molecule has 0 saturated heterocycles. The number of nitrogens with one attached hydrogen (secondary N) is 1. The molecule has 0 saturated carbocycles. The highest BCUT2D eigenvalue weighted by Crippen LogP contribution is 2.20. The van der Waals surface area contributed by atoms with Crippen molar-refractivity contribution in [2.45, 2.75) is 96.1 Å². The van der Waals surface area contributed by atoms with Gasteiger partial charge in [-0.3, -0.25) is 5.32 Å². The van der Waals surface area contributed by atoms with Crippen molar-refractivity contribution >= 4 is 5.97 Å². The molecule has 0 aliphatic heterocycles. The molecular weight excluding hydrogens is 328 g/mol. The number of likely N-dealkylation sites (N-methyl/N-ethyl adjacent to an activating group) is 1. The smallest absolute Gasteiger partial charge is 0.195 e. The number of aliphatic hydroxyl groups is 1. The molecule has 2 N–H and O–H groups in total. The van der Waals surface area contributed by atoms with E-state index in [4.69, 9.17) is 0 Å². The molecule has 1 unspecified atom stereocenters. The maximum atomic E-state index is 11.7. The second-order valence-corrected chi connectivity index (χ2v) is 8.45. The molecule has 0 aromatic heterocycles. The molecule has 5 heteroatoms. The molecule has 0 amide bonds. The Bertz CT molecular complexity index is 356. The number of hydrogen-bond acceptors (Lipinski definition) is 4. The number of quaternary nitrogens is 1. The summed E-state index contributed by atoms with van der Waals surface area (Å²) in [6.07, 6.45) is 15.6. The lowest BCUT2D eigenvalue weighted by Crippen LogP contribution is -2.73. The number of aliphatic hydroxyl groups excluding tert-OH is 1. The van der Waals surface area contributed by atoms with Crippen molar-refractivity contribution in [3.05, 3.63) is 0 Å². The normalized spacial score (nSPS) is 14.3. The second kappa shape index (κ2) is 14.4. The molecule has 0 heterocycles. The Labute approximate surface area is 161 Å². The van der Waals surface area contributed by atoms with Gasteiger partial charge in [0.2, 0.25) is 0 Å². The van der Waals surface area contributed by atoms with Crippen LogP contribution in [0.5, 0.6) is 0 Å². The summed E-state index contributed by atoms with van der Waals surface area (Å²) in [4.78, 5) is 11.7. The van der Waals surface area contributed by atoms with E-state index in [-0.39, 0.29) is 17.5 Å². The molecule has 0 fully saturated rings. The third-order valence-corrected chi connectivity index (χ3v) is 5.40. The van der Waals surface area contributed by atoms with E-state index in [1.54, 1.807) is 0 Å². The number of rotatable bonds is 18. The number of aliphatic carboxylic acids is 1. The summed E-state index contributed by atoms with van der Waals surface area (Å²) in [6.45, 7) is 2.72. The monoisotopic (exact) mass is 372 g/mol. The van der Waals surface area contributed by atoms with E-state index in [1.807, 2.05) is 21.1 Å². The zero-order valence-corrected chi connectivity index (χ0v) is 17.8. The standard InChI is InChI=1S/C21H44N2O3/c1-5-6-7-8-9-10-11-12-13-14-15-16-18-22-21(17-19-24,20(25)26)23(2,3)4/h22,24H,5-19H2,1-4H3. The molecule has 26 heavy (non-hydrogen) atoms. The van der Waals surface area contributed by atoms with Gasteiger partial charge in [0.25, 0.3) is 0 Å². The largest absolute Gasteiger partial charge is 0.543 e. The maximum absolute atomic E-state index is 11.7. The van der Waals surface area contributed by atoms with Crippen molar-refractivity contribution < 1.29 is 19.5 Å². The highest BCUT2D eigenvalue weighted by atomic mass is 16.4. The summed E-state index contributed by atoms with van der Waals surface area (Å²) >= 11 is 0. The lowest BCUT2D eigenvalue weighted by atomic mass is 10.0. The van der Waals surface area contributed by atoms with Gasteiger partial charge in [-0.2, -0.15) is 0 Å². The van der Waals surface area contributed by atoms with E-state index in [2.05, 4.69) is 12.2 Å². The zero-order valence-electron chi connectivity index (χ0n) is 17.8. The van der Waals surface area contributed by atoms with E-state index in [9.17, 15) is 15.0 Å². The van der Waals surface area contributed by atoms with Crippen LogP contribution < -0.4 is 10.4 Å². The Kier molecular flexibility index (Phi) is 14.1. The first kappa shape index (κ1) is 25.4. The van der Waals surface area contributed by atoms with Gasteiger partial charge in [-0.1, -0.05) is 77.6 Å². The molecule has 0 aliphatic carbocycles. The van der Waals surface area contributed by atoms with Crippen LogP contribution in [-0.4, -0.2) is 55.5 Å². The SMILES string of the molecule is CCCCCCCCCCCCCCNC(CCO)(C(=O)[O-])[N+](C)(C)C. The second-order valence-electron chi connectivity index (χ2n) is 8.45. The van der Waals surface area contributed by atoms with Gasteiger partial charge in [-0.25, -0.2) is 0 Å². The van der Waals surface area contributed by atoms with Crippen molar-refractivity contribution in [3.63, 3.8) is 0 Å². The van der Waals surface area contributed by atoms with Gasteiger partial charge in [0.1, 0.15) is 5.97 Å². The Morgan fingerprint density at radius 3 is 1.65 bits per heavy atom. The van der Waals surface area contributed by atoms with Crippen LogP contribution in [0.15, 0.2) is 0 Å². The third-order valence-electron chi connectivity index (χ3n) is 5.40. The van der Waals surface area contributed by atoms with E-state index >= 15 is 0 Å². The van der Waals surface area contributed by atoms with Gasteiger partial charge < -0.3 is 19.5 Å². The van der Waals surface area contributed by atoms with Gasteiger partial charge in [-0.05, 0) is 6.42 Å². The molecule has 0 rings (SSSR count). The minimum atomic E-state index is -1.23. The summed E-state index contributed by atoms with van der Waals surface area (Å²) in [5.74, 6) is -1.14. The van der Waals surface area contributed by atoms with Crippen molar-refractivity contribution in [2.75, 3.05) is 34.3 Å². The molecule has 0 radical (unpaired) electrons. The average Bonchev–Trinajstić information content (AvgIpc) is 2.56. The summed E-state index contributed by atoms with van der Waals surface area (Å²) in [5, 5.41) is 24.1. The molecule has 0 aromatic rings. The number of unbranched alkanes of at least 4 members (excludes halogenated alkanes) is 11. The summed E-state index contributed by atoms with van der Waals surface area (Å²) in [6, 6.07) is 0. The van der Waals surface area contributed by atoms with E-state index < -0.39 is 11.6 Å². The Morgan fingerprint density at radius 2 is 1.31 bits per heavy atom. The van der Waals surface area contributed by atoms with Gasteiger partial charge >= 0.3 is 0 Å². The predicted octanol–water partition coefficient (Wildman–Crippen LogP) is 2.81. The topological polar surface area (TPSA) is 72.4 Å².